The van der Waals surface area contributed by atoms with Crippen LogP contribution in [0.4, 0.5) is 10.5 Å². The van der Waals surface area contributed by atoms with E-state index >= 15 is 0 Å². The van der Waals surface area contributed by atoms with Gasteiger partial charge in [0, 0.05) is 18.7 Å². The fraction of sp³-hybridized carbons (Fsp3) is 0.312. The zero-order valence-electron chi connectivity index (χ0n) is 13.0. The van der Waals surface area contributed by atoms with Gasteiger partial charge in [-0.3, -0.25) is 14.8 Å². The average molecular weight is 328 g/mol. The number of aromatic nitrogens is 2. The molecule has 2 N–H and O–H groups in total. The van der Waals surface area contributed by atoms with Gasteiger partial charge in [-0.05, 0) is 17.7 Å². The highest BCUT2D eigenvalue weighted by Gasteiger charge is 2.46. The van der Waals surface area contributed by atoms with Crippen molar-refractivity contribution < 1.29 is 19.1 Å². The van der Waals surface area contributed by atoms with Crippen LogP contribution in [0.2, 0.25) is 0 Å². The summed E-state index contributed by atoms with van der Waals surface area (Å²) < 4.78 is 11.2. The number of nitrogens with one attached hydrogen (secondary N) is 2. The maximum Gasteiger partial charge on any atom is 0.415 e. The molecule has 8 nitrogen and oxygen atoms in total. The first-order chi connectivity index (χ1) is 11.6. The largest absolute Gasteiger partial charge is 0.489 e. The monoisotopic (exact) mass is 328 g/mol. The highest BCUT2D eigenvalue weighted by molar-refractivity contribution is 5.94. The molecule has 0 radical (unpaired) electrons. The molecule has 2 unspecified atom stereocenters. The molecule has 1 aromatic heterocycles. The van der Waals surface area contributed by atoms with Crippen LogP contribution >= 0.6 is 0 Å². The molecule has 1 aromatic carbocycles. The Hall–Kier alpha value is -3.03. The summed E-state index contributed by atoms with van der Waals surface area (Å²) in [6.07, 6.45) is 2.67. The molecule has 2 aliphatic rings. The van der Waals surface area contributed by atoms with E-state index in [4.69, 9.17) is 9.47 Å². The summed E-state index contributed by atoms with van der Waals surface area (Å²) in [5.41, 5.74) is 2.56. The van der Waals surface area contributed by atoms with Crippen LogP contribution < -0.4 is 15.0 Å². The highest BCUT2D eigenvalue weighted by atomic mass is 16.6. The lowest BCUT2D eigenvalue weighted by molar-refractivity contribution is -0.119. The molecule has 124 valence electrons. The van der Waals surface area contributed by atoms with E-state index in [1.54, 1.807) is 17.3 Å². The van der Waals surface area contributed by atoms with Gasteiger partial charge in [-0.15, -0.1) is 0 Å². The summed E-state index contributed by atoms with van der Waals surface area (Å²) in [6, 6.07) is 5.37. The number of ether oxygens (including phenoxy) is 2. The molecule has 8 heteroatoms. The summed E-state index contributed by atoms with van der Waals surface area (Å²) >= 11 is 0. The first-order valence-corrected chi connectivity index (χ1v) is 7.64. The Bertz CT molecular complexity index is 789. The minimum absolute atomic E-state index is 0.161. The van der Waals surface area contributed by atoms with Gasteiger partial charge in [-0.2, -0.15) is 5.10 Å². The number of cyclic esters (lactones) is 1. The molecule has 0 bridgehead atoms. The number of amides is 2. The number of H-pyrrole nitrogens is 1. The summed E-state index contributed by atoms with van der Waals surface area (Å²) in [5, 5.41) is 9.39. The first-order valence-electron chi connectivity index (χ1n) is 7.64. The molecule has 0 aliphatic carbocycles. The standard InChI is InChI=1S/C16H16N4O4/c1-9(21)17-7-15-13-8-23-14-4-10(11-5-18-19-6-11)2-3-12(14)20(13)16(22)24-15/h2-6,13,15H,7-8H2,1H3,(H,17,21)(H,18,19). The summed E-state index contributed by atoms with van der Waals surface area (Å²) in [6.45, 7) is 2.02. The third-order valence-corrected chi connectivity index (χ3v) is 4.22. The predicted molar refractivity (Wildman–Crippen MR) is 84.7 cm³/mol. The molecule has 0 spiro atoms. The number of benzene rings is 1. The Kier molecular flexibility index (Phi) is 3.37. The molecule has 2 aliphatic heterocycles. The minimum Gasteiger partial charge on any atom is -0.489 e. The molecule has 2 aromatic rings. The third-order valence-electron chi connectivity index (χ3n) is 4.22. The fourth-order valence-corrected chi connectivity index (χ4v) is 3.04. The second-order valence-corrected chi connectivity index (χ2v) is 5.78. The van der Waals surface area contributed by atoms with Crippen molar-refractivity contribution in [1.82, 2.24) is 15.5 Å². The van der Waals surface area contributed by atoms with Crippen molar-refractivity contribution >= 4 is 17.7 Å². The van der Waals surface area contributed by atoms with Crippen LogP contribution in [0, 0.1) is 0 Å². The molecule has 3 heterocycles. The van der Waals surface area contributed by atoms with Crippen LogP contribution in [0.3, 0.4) is 0 Å². The van der Waals surface area contributed by atoms with E-state index in [1.807, 2.05) is 18.2 Å². The van der Waals surface area contributed by atoms with Crippen molar-refractivity contribution in [3.05, 3.63) is 30.6 Å². The van der Waals surface area contributed by atoms with Gasteiger partial charge in [0.25, 0.3) is 0 Å². The topological polar surface area (TPSA) is 96.5 Å². The Morgan fingerprint density at radius 2 is 2.33 bits per heavy atom. The van der Waals surface area contributed by atoms with Crippen molar-refractivity contribution in [2.24, 2.45) is 0 Å². The van der Waals surface area contributed by atoms with Gasteiger partial charge in [-0.1, -0.05) is 6.07 Å². The summed E-state index contributed by atoms with van der Waals surface area (Å²) in [4.78, 5) is 24.9. The number of carbonyl (C=O) groups is 2. The van der Waals surface area contributed by atoms with Crippen molar-refractivity contribution in [3.8, 4) is 16.9 Å². The second kappa shape index (κ2) is 5.55. The van der Waals surface area contributed by atoms with Crippen molar-refractivity contribution in [3.63, 3.8) is 0 Å². The van der Waals surface area contributed by atoms with Gasteiger partial charge in [0.2, 0.25) is 5.91 Å². The van der Waals surface area contributed by atoms with E-state index in [0.717, 1.165) is 11.1 Å². The van der Waals surface area contributed by atoms with E-state index in [0.29, 0.717) is 18.0 Å². The molecular formula is C16H16N4O4. The van der Waals surface area contributed by atoms with Crippen molar-refractivity contribution in [2.75, 3.05) is 18.1 Å². The number of aromatic amines is 1. The number of hydrogen-bond acceptors (Lipinski definition) is 5. The van der Waals surface area contributed by atoms with E-state index < -0.39 is 12.2 Å². The number of carbonyl (C=O) groups excluding carboxylic acids is 2. The molecule has 4 rings (SSSR count). The Morgan fingerprint density at radius 1 is 1.46 bits per heavy atom. The molecule has 2 atom stereocenters. The maximum absolute atomic E-state index is 12.3. The van der Waals surface area contributed by atoms with Gasteiger partial charge < -0.3 is 14.8 Å². The van der Waals surface area contributed by atoms with E-state index in [-0.39, 0.29) is 18.5 Å². The van der Waals surface area contributed by atoms with E-state index in [1.165, 1.54) is 6.92 Å². The number of anilines is 1. The lowest BCUT2D eigenvalue weighted by Gasteiger charge is -2.31. The van der Waals surface area contributed by atoms with Crippen LogP contribution in [-0.2, 0) is 9.53 Å². The van der Waals surface area contributed by atoms with Crippen LogP contribution in [0.1, 0.15) is 6.92 Å². The fourth-order valence-electron chi connectivity index (χ4n) is 3.04. The molecule has 0 saturated carbocycles. The Morgan fingerprint density at radius 3 is 3.08 bits per heavy atom. The zero-order valence-corrected chi connectivity index (χ0v) is 13.0. The zero-order chi connectivity index (χ0) is 16.7. The molecule has 2 amide bonds. The molecule has 24 heavy (non-hydrogen) atoms. The van der Waals surface area contributed by atoms with Gasteiger partial charge in [-0.25, -0.2) is 4.79 Å². The van der Waals surface area contributed by atoms with Gasteiger partial charge in [0.05, 0.1) is 18.4 Å². The van der Waals surface area contributed by atoms with Gasteiger partial charge in [0.1, 0.15) is 24.5 Å². The van der Waals surface area contributed by atoms with Crippen LogP contribution in [-0.4, -0.2) is 47.5 Å². The molecule has 1 saturated heterocycles. The van der Waals surface area contributed by atoms with Gasteiger partial charge >= 0.3 is 6.09 Å². The Labute approximate surface area is 137 Å². The second-order valence-electron chi connectivity index (χ2n) is 5.78. The van der Waals surface area contributed by atoms with Crippen molar-refractivity contribution in [1.29, 1.82) is 0 Å². The van der Waals surface area contributed by atoms with E-state index in [9.17, 15) is 9.59 Å². The smallest absolute Gasteiger partial charge is 0.415 e. The predicted octanol–water partition coefficient (Wildman–Crippen LogP) is 1.30. The van der Waals surface area contributed by atoms with E-state index in [2.05, 4.69) is 15.5 Å². The molecular weight excluding hydrogens is 312 g/mol. The quantitative estimate of drug-likeness (QED) is 0.885. The average Bonchev–Trinajstić information content (AvgIpc) is 3.21. The number of fused-ring (bicyclic) bond motifs is 3. The van der Waals surface area contributed by atoms with Crippen LogP contribution in [0.5, 0.6) is 5.75 Å². The lowest BCUT2D eigenvalue weighted by atomic mass is 10.0. The highest BCUT2D eigenvalue weighted by Crippen LogP contribution is 2.40. The number of nitrogens with zero attached hydrogens (tertiary/aromatic N) is 2. The summed E-state index contributed by atoms with van der Waals surface area (Å²) in [5.74, 6) is 0.466. The molecule has 1 fully saturated rings. The van der Waals surface area contributed by atoms with Gasteiger partial charge in [0.15, 0.2) is 0 Å². The first kappa shape index (κ1) is 14.6. The van der Waals surface area contributed by atoms with Crippen molar-refractivity contribution in [2.45, 2.75) is 19.1 Å². The van der Waals surface area contributed by atoms with Crippen LogP contribution in [0.25, 0.3) is 11.1 Å². The minimum atomic E-state index is -0.428. The normalized spacial score (nSPS) is 21.5. The summed E-state index contributed by atoms with van der Waals surface area (Å²) in [7, 11) is 0. The number of rotatable bonds is 3. The third kappa shape index (κ3) is 2.36. The SMILES string of the molecule is CC(=O)NCC1OC(=O)N2c3ccc(-c4cn[nH]c4)cc3OCC12. The maximum atomic E-state index is 12.3. The van der Waals surface area contributed by atoms with Crippen LogP contribution in [0.15, 0.2) is 30.6 Å². The Balaban J connectivity index is 1.62. The number of hydrogen-bond donors (Lipinski definition) is 2. The lowest BCUT2D eigenvalue weighted by Crippen LogP contribution is -2.47.